The summed E-state index contributed by atoms with van der Waals surface area (Å²) in [7, 11) is 2.93. The summed E-state index contributed by atoms with van der Waals surface area (Å²) in [5.41, 5.74) is 1.48. The largest absolute Gasteiger partial charge is 0.465 e. The second-order valence-electron chi connectivity index (χ2n) is 4.87. The number of carbonyl (C=O) groups excluding carboxylic acids is 2. The quantitative estimate of drug-likeness (QED) is 0.598. The number of carbonyl (C=O) groups is 2. The number of hydrogen-bond acceptors (Lipinski definition) is 6. The van der Waals surface area contributed by atoms with Gasteiger partial charge in [-0.3, -0.25) is 4.79 Å². The summed E-state index contributed by atoms with van der Waals surface area (Å²) in [6.07, 6.45) is 1.56. The molecule has 7 nitrogen and oxygen atoms in total. The fourth-order valence-corrected chi connectivity index (χ4v) is 1.96. The molecule has 0 aliphatic rings. The lowest BCUT2D eigenvalue weighted by Crippen LogP contribution is -2.14. The minimum atomic E-state index is -0.422. The molecule has 0 atom stereocenters. The number of nitrogens with one attached hydrogen (secondary N) is 2. The molecule has 0 spiro atoms. The summed E-state index contributed by atoms with van der Waals surface area (Å²) < 4.78 is 9.58. The lowest BCUT2D eigenvalue weighted by Gasteiger charge is -2.08. The van der Waals surface area contributed by atoms with Gasteiger partial charge in [-0.25, -0.2) is 9.78 Å². The van der Waals surface area contributed by atoms with E-state index in [0.717, 1.165) is 0 Å². The van der Waals surface area contributed by atoms with Crippen LogP contribution in [0.5, 0.6) is 0 Å². The van der Waals surface area contributed by atoms with E-state index in [0.29, 0.717) is 35.8 Å². The van der Waals surface area contributed by atoms with Crippen LogP contribution in [-0.2, 0) is 9.47 Å². The van der Waals surface area contributed by atoms with Gasteiger partial charge in [-0.1, -0.05) is 0 Å². The Kier molecular flexibility index (Phi) is 6.27. The molecule has 1 heterocycles. The highest BCUT2D eigenvalue weighted by atomic mass is 16.5. The van der Waals surface area contributed by atoms with Gasteiger partial charge in [0.15, 0.2) is 0 Å². The first kappa shape index (κ1) is 17.4. The van der Waals surface area contributed by atoms with Crippen molar-refractivity contribution in [2.75, 3.05) is 38.0 Å². The van der Waals surface area contributed by atoms with Gasteiger partial charge in [0.1, 0.15) is 5.82 Å². The Labute approximate surface area is 140 Å². The Morgan fingerprint density at radius 2 is 1.83 bits per heavy atom. The van der Waals surface area contributed by atoms with E-state index in [1.54, 1.807) is 49.7 Å². The van der Waals surface area contributed by atoms with Crippen molar-refractivity contribution in [2.24, 2.45) is 0 Å². The van der Waals surface area contributed by atoms with Crippen molar-refractivity contribution in [3.8, 4) is 0 Å². The normalized spacial score (nSPS) is 10.1. The highest BCUT2D eigenvalue weighted by Crippen LogP contribution is 2.13. The fraction of sp³-hybridized carbons (Fsp3) is 0.235. The van der Waals surface area contributed by atoms with Crippen molar-refractivity contribution >= 4 is 23.4 Å². The molecule has 0 radical (unpaired) electrons. The molecule has 1 aromatic carbocycles. The van der Waals surface area contributed by atoms with Crippen molar-refractivity contribution in [3.63, 3.8) is 0 Å². The van der Waals surface area contributed by atoms with E-state index < -0.39 is 5.97 Å². The second kappa shape index (κ2) is 8.64. The minimum Gasteiger partial charge on any atom is -0.465 e. The number of nitrogens with zero attached hydrogens (tertiary/aromatic N) is 1. The maximum Gasteiger partial charge on any atom is 0.337 e. The lowest BCUT2D eigenvalue weighted by atomic mass is 10.2. The third kappa shape index (κ3) is 4.79. The molecule has 126 valence electrons. The zero-order chi connectivity index (χ0) is 17.4. The maximum atomic E-state index is 12.3. The van der Waals surface area contributed by atoms with E-state index in [2.05, 4.69) is 20.4 Å². The summed E-state index contributed by atoms with van der Waals surface area (Å²) in [4.78, 5) is 27.8. The number of hydrogen-bond donors (Lipinski definition) is 2. The van der Waals surface area contributed by atoms with Gasteiger partial charge in [-0.2, -0.15) is 0 Å². The molecule has 0 aliphatic carbocycles. The summed E-state index contributed by atoms with van der Waals surface area (Å²) in [5.74, 6) is -0.0902. The Balaban J connectivity index is 2.01. The number of anilines is 2. The molecule has 1 aromatic heterocycles. The Hall–Kier alpha value is -2.93. The number of ether oxygens (including phenoxy) is 2. The monoisotopic (exact) mass is 329 g/mol. The third-order valence-corrected chi connectivity index (χ3v) is 3.20. The highest BCUT2D eigenvalue weighted by Gasteiger charge is 2.09. The van der Waals surface area contributed by atoms with Gasteiger partial charge >= 0.3 is 5.97 Å². The molecule has 24 heavy (non-hydrogen) atoms. The summed E-state index contributed by atoms with van der Waals surface area (Å²) in [5, 5.41) is 5.83. The second-order valence-corrected chi connectivity index (χ2v) is 4.87. The van der Waals surface area contributed by atoms with Crippen LogP contribution in [0.2, 0.25) is 0 Å². The highest BCUT2D eigenvalue weighted by molar-refractivity contribution is 6.04. The Bertz CT molecular complexity index is 701. The summed E-state index contributed by atoms with van der Waals surface area (Å²) in [6, 6.07) is 9.75. The molecule has 0 saturated heterocycles. The van der Waals surface area contributed by atoms with Crippen LogP contribution < -0.4 is 10.6 Å². The number of esters is 1. The van der Waals surface area contributed by atoms with Gasteiger partial charge < -0.3 is 20.1 Å². The summed E-state index contributed by atoms with van der Waals surface area (Å²) >= 11 is 0. The van der Waals surface area contributed by atoms with Crippen LogP contribution in [-0.4, -0.2) is 44.2 Å². The number of amides is 1. The summed E-state index contributed by atoms with van der Waals surface area (Å²) in [6.45, 7) is 1.15. The first-order valence-electron chi connectivity index (χ1n) is 7.32. The standard InChI is InChI=1S/C17H19N3O4/c1-23-10-9-19-15-11-13(7-8-18-15)16(21)20-14-5-3-12(4-6-14)17(22)24-2/h3-8,11H,9-10H2,1-2H3,(H,18,19)(H,20,21). The molecule has 2 N–H and O–H groups in total. The lowest BCUT2D eigenvalue weighted by molar-refractivity contribution is 0.0600. The maximum absolute atomic E-state index is 12.3. The smallest absolute Gasteiger partial charge is 0.337 e. The Morgan fingerprint density at radius 1 is 1.08 bits per heavy atom. The topological polar surface area (TPSA) is 89.6 Å². The zero-order valence-electron chi connectivity index (χ0n) is 13.5. The van der Waals surface area contributed by atoms with E-state index in [1.807, 2.05) is 0 Å². The van der Waals surface area contributed by atoms with Gasteiger partial charge in [0.2, 0.25) is 0 Å². The minimum absolute atomic E-state index is 0.266. The van der Waals surface area contributed by atoms with E-state index in [9.17, 15) is 9.59 Å². The van der Waals surface area contributed by atoms with Gasteiger partial charge in [0.05, 0.1) is 19.3 Å². The molecule has 0 saturated carbocycles. The van der Waals surface area contributed by atoms with Crippen molar-refractivity contribution < 1.29 is 19.1 Å². The van der Waals surface area contributed by atoms with Crippen LogP contribution in [0.25, 0.3) is 0 Å². The molecule has 0 unspecified atom stereocenters. The average molecular weight is 329 g/mol. The van der Waals surface area contributed by atoms with Crippen molar-refractivity contribution in [1.29, 1.82) is 0 Å². The van der Waals surface area contributed by atoms with Gasteiger partial charge in [-0.15, -0.1) is 0 Å². The molecular formula is C17H19N3O4. The van der Waals surface area contributed by atoms with Crippen molar-refractivity contribution in [1.82, 2.24) is 4.98 Å². The predicted molar refractivity (Wildman–Crippen MR) is 90.3 cm³/mol. The first-order chi connectivity index (χ1) is 11.6. The van der Waals surface area contributed by atoms with E-state index in [4.69, 9.17) is 4.74 Å². The SMILES string of the molecule is COCCNc1cc(C(=O)Nc2ccc(C(=O)OC)cc2)ccn1. The zero-order valence-corrected chi connectivity index (χ0v) is 13.5. The van der Waals surface area contributed by atoms with E-state index in [1.165, 1.54) is 7.11 Å². The molecule has 7 heteroatoms. The molecule has 0 bridgehead atoms. The number of rotatable bonds is 7. The molecule has 2 rings (SSSR count). The molecule has 2 aromatic rings. The van der Waals surface area contributed by atoms with Gasteiger partial charge in [0.25, 0.3) is 5.91 Å². The Morgan fingerprint density at radius 3 is 2.50 bits per heavy atom. The van der Waals surface area contributed by atoms with Crippen molar-refractivity contribution in [3.05, 3.63) is 53.7 Å². The molecule has 0 fully saturated rings. The number of methoxy groups -OCH3 is 2. The van der Waals surface area contributed by atoms with E-state index >= 15 is 0 Å². The molecule has 1 amide bonds. The van der Waals surface area contributed by atoms with Crippen molar-refractivity contribution in [2.45, 2.75) is 0 Å². The number of aromatic nitrogens is 1. The number of benzene rings is 1. The molecular weight excluding hydrogens is 310 g/mol. The average Bonchev–Trinajstić information content (AvgIpc) is 2.62. The van der Waals surface area contributed by atoms with Crippen LogP contribution in [0, 0.1) is 0 Å². The number of pyridine rings is 1. The van der Waals surface area contributed by atoms with E-state index in [-0.39, 0.29) is 5.91 Å². The predicted octanol–water partition coefficient (Wildman–Crippen LogP) is 2.18. The van der Waals surface area contributed by atoms with Gasteiger partial charge in [0, 0.05) is 31.1 Å². The van der Waals surface area contributed by atoms with Crippen LogP contribution in [0.4, 0.5) is 11.5 Å². The van der Waals surface area contributed by atoms with Crippen LogP contribution in [0.15, 0.2) is 42.6 Å². The molecule has 0 aliphatic heterocycles. The third-order valence-electron chi connectivity index (χ3n) is 3.20. The van der Waals surface area contributed by atoms with Gasteiger partial charge in [-0.05, 0) is 36.4 Å². The first-order valence-corrected chi connectivity index (χ1v) is 7.32. The van der Waals surface area contributed by atoms with Crippen LogP contribution in [0.1, 0.15) is 20.7 Å². The van der Waals surface area contributed by atoms with Crippen LogP contribution in [0.3, 0.4) is 0 Å². The van der Waals surface area contributed by atoms with Crippen LogP contribution >= 0.6 is 0 Å². The fourth-order valence-electron chi connectivity index (χ4n) is 1.96.